The van der Waals surface area contributed by atoms with Gasteiger partial charge in [-0.3, -0.25) is 10.4 Å². The fourth-order valence-corrected chi connectivity index (χ4v) is 3.34. The van der Waals surface area contributed by atoms with E-state index in [4.69, 9.17) is 0 Å². The van der Waals surface area contributed by atoms with Gasteiger partial charge in [-0.2, -0.15) is 0 Å². The Labute approximate surface area is 170 Å². The molecule has 0 unspecified atom stereocenters. The van der Waals surface area contributed by atoms with Gasteiger partial charge in [0.25, 0.3) is 0 Å². The molecule has 0 heterocycles. The van der Waals surface area contributed by atoms with Crippen molar-refractivity contribution in [2.75, 3.05) is 20.1 Å². The number of hydrogen-bond acceptors (Lipinski definition) is 2. The molecule has 0 radical (unpaired) electrons. The molecule has 0 fully saturated rings. The monoisotopic (exact) mass is 382 g/mol. The summed E-state index contributed by atoms with van der Waals surface area (Å²) in [5, 5.41) is 3.44. The molecule has 3 N–H and O–H groups in total. The van der Waals surface area contributed by atoms with E-state index in [-0.39, 0.29) is 0 Å². The van der Waals surface area contributed by atoms with Gasteiger partial charge in [-0.05, 0) is 12.8 Å². The molecule has 27 heavy (non-hydrogen) atoms. The normalized spacial score (nSPS) is 11.7. The highest BCUT2D eigenvalue weighted by Gasteiger charge is 1.97. The molecule has 0 saturated heterocycles. The Kier molecular flexibility index (Phi) is 22.6. The summed E-state index contributed by atoms with van der Waals surface area (Å²) in [4.78, 5) is 4.67. The number of hydrazine groups is 1. The first-order valence-corrected chi connectivity index (χ1v) is 12.1. The number of aliphatic imine (C=N–C) groups is 1. The van der Waals surface area contributed by atoms with Gasteiger partial charge in [-0.15, -0.1) is 0 Å². The Hall–Kier alpha value is -0.770. The molecule has 0 atom stereocenters. The summed E-state index contributed by atoms with van der Waals surface area (Å²) in [6, 6.07) is 0. The zero-order valence-electron chi connectivity index (χ0n) is 18.9. The maximum Gasteiger partial charge on any atom is 0.205 e. The first-order chi connectivity index (χ1) is 13.3. The van der Waals surface area contributed by atoms with E-state index in [2.05, 4.69) is 35.0 Å². The van der Waals surface area contributed by atoms with Crippen molar-refractivity contribution < 1.29 is 0 Å². The fraction of sp³-hybridized carbons (Fsp3) is 0.957. The SMILES string of the molecule is CCCCCCCCCCCN=C(NCCCCCCCCCC)NNC. The summed E-state index contributed by atoms with van der Waals surface area (Å²) in [7, 11) is 1.89. The van der Waals surface area contributed by atoms with E-state index in [0.29, 0.717) is 0 Å². The van der Waals surface area contributed by atoms with Crippen LogP contribution in [0, 0.1) is 0 Å². The van der Waals surface area contributed by atoms with Crippen LogP contribution >= 0.6 is 0 Å². The maximum absolute atomic E-state index is 4.67. The molecule has 0 rings (SSSR count). The molecular formula is C23H50N4. The third-order valence-electron chi connectivity index (χ3n) is 5.10. The highest BCUT2D eigenvalue weighted by Crippen LogP contribution is 2.09. The number of rotatable bonds is 20. The van der Waals surface area contributed by atoms with Gasteiger partial charge < -0.3 is 5.32 Å². The average Bonchev–Trinajstić information content (AvgIpc) is 2.68. The van der Waals surface area contributed by atoms with Gasteiger partial charge in [0.05, 0.1) is 0 Å². The van der Waals surface area contributed by atoms with E-state index in [1.165, 1.54) is 109 Å². The smallest absolute Gasteiger partial charge is 0.205 e. The lowest BCUT2D eigenvalue weighted by molar-refractivity contribution is 0.564. The minimum absolute atomic E-state index is 0.903. The number of unbranched alkanes of at least 4 members (excludes halogenated alkanes) is 15. The topological polar surface area (TPSA) is 48.5 Å². The van der Waals surface area contributed by atoms with Crippen molar-refractivity contribution in [2.24, 2.45) is 4.99 Å². The summed E-state index contributed by atoms with van der Waals surface area (Å²) < 4.78 is 0. The molecule has 4 heteroatoms. The van der Waals surface area contributed by atoms with Crippen LogP contribution in [-0.2, 0) is 0 Å². The van der Waals surface area contributed by atoms with E-state index in [1.807, 2.05) is 7.05 Å². The van der Waals surface area contributed by atoms with E-state index in [9.17, 15) is 0 Å². The molecule has 0 aliphatic carbocycles. The predicted molar refractivity (Wildman–Crippen MR) is 122 cm³/mol. The van der Waals surface area contributed by atoms with Gasteiger partial charge in [0.1, 0.15) is 0 Å². The van der Waals surface area contributed by atoms with Crippen molar-refractivity contribution in [3.8, 4) is 0 Å². The summed E-state index contributed by atoms with van der Waals surface area (Å²) in [6.07, 6.45) is 23.1. The lowest BCUT2D eigenvalue weighted by atomic mass is 10.1. The van der Waals surface area contributed by atoms with Gasteiger partial charge in [0, 0.05) is 20.1 Å². The highest BCUT2D eigenvalue weighted by molar-refractivity contribution is 5.79. The van der Waals surface area contributed by atoms with Crippen molar-refractivity contribution in [1.29, 1.82) is 0 Å². The van der Waals surface area contributed by atoms with Gasteiger partial charge in [-0.25, -0.2) is 5.43 Å². The van der Waals surface area contributed by atoms with Crippen LogP contribution in [0.1, 0.15) is 123 Å². The fourth-order valence-electron chi connectivity index (χ4n) is 3.34. The van der Waals surface area contributed by atoms with E-state index < -0.39 is 0 Å². The Balaban J connectivity index is 3.53. The Morgan fingerprint density at radius 2 is 1.04 bits per heavy atom. The Morgan fingerprint density at radius 1 is 0.593 bits per heavy atom. The number of hydrogen-bond donors (Lipinski definition) is 3. The van der Waals surface area contributed by atoms with Crippen molar-refractivity contribution in [3.05, 3.63) is 0 Å². The van der Waals surface area contributed by atoms with Crippen molar-refractivity contribution in [1.82, 2.24) is 16.2 Å². The van der Waals surface area contributed by atoms with Crippen LogP contribution in [0.2, 0.25) is 0 Å². The van der Waals surface area contributed by atoms with Crippen LogP contribution in [-0.4, -0.2) is 26.1 Å². The second-order valence-electron chi connectivity index (χ2n) is 7.84. The van der Waals surface area contributed by atoms with Gasteiger partial charge >= 0.3 is 0 Å². The minimum atomic E-state index is 0.903. The summed E-state index contributed by atoms with van der Waals surface area (Å²) >= 11 is 0. The van der Waals surface area contributed by atoms with Crippen molar-refractivity contribution in [2.45, 2.75) is 123 Å². The lowest BCUT2D eigenvalue weighted by Crippen LogP contribution is -2.44. The zero-order chi connectivity index (χ0) is 19.8. The molecule has 4 nitrogen and oxygen atoms in total. The number of nitrogens with zero attached hydrogens (tertiary/aromatic N) is 1. The molecule has 0 aromatic carbocycles. The molecular weight excluding hydrogens is 332 g/mol. The van der Waals surface area contributed by atoms with Crippen molar-refractivity contribution >= 4 is 5.96 Å². The third kappa shape index (κ3) is 21.4. The Bertz CT molecular complexity index is 305. The standard InChI is InChI=1S/C23H50N4/c1-4-6-8-10-12-14-16-18-20-22-26-23(27-24-3)25-21-19-17-15-13-11-9-7-5-2/h24H,4-22H2,1-3H3,(H2,25,26,27). The maximum atomic E-state index is 4.67. The first-order valence-electron chi connectivity index (χ1n) is 12.1. The molecule has 0 aromatic heterocycles. The molecule has 162 valence electrons. The largest absolute Gasteiger partial charge is 0.355 e. The first kappa shape index (κ1) is 26.2. The van der Waals surface area contributed by atoms with E-state index in [1.54, 1.807) is 0 Å². The number of guanidine groups is 1. The van der Waals surface area contributed by atoms with Crippen LogP contribution in [0.15, 0.2) is 4.99 Å². The van der Waals surface area contributed by atoms with Crippen molar-refractivity contribution in [3.63, 3.8) is 0 Å². The summed E-state index contributed by atoms with van der Waals surface area (Å²) in [6.45, 7) is 6.49. The molecule has 0 aliphatic rings. The van der Waals surface area contributed by atoms with Crippen LogP contribution in [0.4, 0.5) is 0 Å². The van der Waals surface area contributed by atoms with Crippen LogP contribution in [0.3, 0.4) is 0 Å². The molecule has 0 amide bonds. The lowest BCUT2D eigenvalue weighted by Gasteiger charge is -2.11. The van der Waals surface area contributed by atoms with E-state index in [0.717, 1.165) is 19.0 Å². The van der Waals surface area contributed by atoms with Gasteiger partial charge in [0.2, 0.25) is 5.96 Å². The van der Waals surface area contributed by atoms with E-state index >= 15 is 0 Å². The second kappa shape index (κ2) is 23.3. The highest BCUT2D eigenvalue weighted by atomic mass is 15.4. The molecule has 0 bridgehead atoms. The van der Waals surface area contributed by atoms with Gasteiger partial charge in [0.15, 0.2) is 0 Å². The van der Waals surface area contributed by atoms with Crippen LogP contribution in [0.25, 0.3) is 0 Å². The predicted octanol–water partition coefficient (Wildman–Crippen LogP) is 6.33. The number of nitrogens with one attached hydrogen (secondary N) is 3. The van der Waals surface area contributed by atoms with Crippen LogP contribution < -0.4 is 16.2 Å². The summed E-state index contributed by atoms with van der Waals surface area (Å²) in [5.41, 5.74) is 6.12. The molecule has 0 spiro atoms. The Morgan fingerprint density at radius 3 is 1.52 bits per heavy atom. The second-order valence-corrected chi connectivity index (χ2v) is 7.84. The quantitative estimate of drug-likeness (QED) is 0.0998. The average molecular weight is 383 g/mol. The van der Waals surface area contributed by atoms with Crippen LogP contribution in [0.5, 0.6) is 0 Å². The third-order valence-corrected chi connectivity index (χ3v) is 5.10. The summed E-state index contributed by atoms with van der Waals surface area (Å²) in [5.74, 6) is 0.903. The molecule has 0 aromatic rings. The molecule has 0 aliphatic heterocycles. The minimum Gasteiger partial charge on any atom is -0.355 e. The molecule has 0 saturated carbocycles. The zero-order valence-corrected chi connectivity index (χ0v) is 18.9. The van der Waals surface area contributed by atoms with Gasteiger partial charge in [-0.1, -0.05) is 110 Å².